The molecular weight excluding hydrogens is 272 g/mol. The molecule has 120 valence electrons. The Bertz CT molecular complexity index is 605. The van der Waals surface area contributed by atoms with Gasteiger partial charge < -0.3 is 14.6 Å². The number of ether oxygens (including phenoxy) is 1. The van der Waals surface area contributed by atoms with Gasteiger partial charge in [-0.25, -0.2) is 0 Å². The van der Waals surface area contributed by atoms with Crippen LogP contribution in [0.3, 0.4) is 0 Å². The maximum atomic E-state index is 5.15. The predicted octanol–water partition coefficient (Wildman–Crippen LogP) is 3.92. The molecule has 0 aliphatic heterocycles. The van der Waals surface area contributed by atoms with Gasteiger partial charge in [-0.15, -0.1) is 0 Å². The van der Waals surface area contributed by atoms with Gasteiger partial charge in [0.05, 0.1) is 6.61 Å². The quantitative estimate of drug-likeness (QED) is 0.818. The van der Waals surface area contributed by atoms with Gasteiger partial charge in [0, 0.05) is 43.3 Å². The monoisotopic (exact) mass is 300 g/mol. The number of rotatable bonds is 6. The first-order valence-electron chi connectivity index (χ1n) is 8.63. The smallest absolute Gasteiger partial charge is 0.0587 e. The highest BCUT2D eigenvalue weighted by atomic mass is 16.5. The maximum absolute atomic E-state index is 5.15. The van der Waals surface area contributed by atoms with Crippen molar-refractivity contribution in [2.24, 2.45) is 0 Å². The first-order valence-corrected chi connectivity index (χ1v) is 8.63. The van der Waals surface area contributed by atoms with Gasteiger partial charge in [0.2, 0.25) is 0 Å². The lowest BCUT2D eigenvalue weighted by Gasteiger charge is -2.30. The summed E-state index contributed by atoms with van der Waals surface area (Å²) in [6.45, 7) is 5.04. The van der Waals surface area contributed by atoms with Crippen LogP contribution in [0.2, 0.25) is 0 Å². The summed E-state index contributed by atoms with van der Waals surface area (Å²) in [4.78, 5) is 0. The number of aryl methyl sites for hydroxylation is 1. The van der Waals surface area contributed by atoms with Crippen LogP contribution in [-0.2, 0) is 11.3 Å². The van der Waals surface area contributed by atoms with Crippen LogP contribution in [-0.4, -0.2) is 30.9 Å². The van der Waals surface area contributed by atoms with E-state index in [0.29, 0.717) is 12.0 Å². The van der Waals surface area contributed by atoms with E-state index in [9.17, 15) is 0 Å². The lowest BCUT2D eigenvalue weighted by Crippen LogP contribution is -2.35. The molecular formula is C19H28N2O. The summed E-state index contributed by atoms with van der Waals surface area (Å²) >= 11 is 0. The van der Waals surface area contributed by atoms with E-state index in [1.165, 1.54) is 36.6 Å². The Balaban J connectivity index is 1.78. The molecule has 22 heavy (non-hydrogen) atoms. The second-order valence-electron chi connectivity index (χ2n) is 6.39. The van der Waals surface area contributed by atoms with E-state index >= 15 is 0 Å². The lowest BCUT2D eigenvalue weighted by molar-refractivity contribution is 0.190. The normalized spacial score (nSPS) is 22.3. The van der Waals surface area contributed by atoms with Gasteiger partial charge in [0.15, 0.2) is 0 Å². The molecule has 0 radical (unpaired) electrons. The third-order valence-electron chi connectivity index (χ3n) is 5.01. The van der Waals surface area contributed by atoms with Crippen LogP contribution in [0, 0.1) is 0 Å². The van der Waals surface area contributed by atoms with Gasteiger partial charge in [-0.2, -0.15) is 0 Å². The summed E-state index contributed by atoms with van der Waals surface area (Å²) in [5, 5.41) is 5.11. The van der Waals surface area contributed by atoms with Crippen molar-refractivity contribution < 1.29 is 4.74 Å². The van der Waals surface area contributed by atoms with Gasteiger partial charge >= 0.3 is 0 Å². The summed E-state index contributed by atoms with van der Waals surface area (Å²) in [7, 11) is 1.77. The largest absolute Gasteiger partial charge is 0.383 e. The summed E-state index contributed by atoms with van der Waals surface area (Å²) in [6.07, 6.45) is 7.59. The number of benzene rings is 1. The second-order valence-corrected chi connectivity index (χ2v) is 6.39. The van der Waals surface area contributed by atoms with Crippen LogP contribution in [0.4, 0.5) is 0 Å². The molecule has 1 heterocycles. The third kappa shape index (κ3) is 3.21. The van der Waals surface area contributed by atoms with Crippen LogP contribution in [0.5, 0.6) is 0 Å². The van der Waals surface area contributed by atoms with Crippen molar-refractivity contribution in [3.63, 3.8) is 0 Å². The summed E-state index contributed by atoms with van der Waals surface area (Å²) < 4.78 is 7.55. The van der Waals surface area contributed by atoms with Crippen LogP contribution in [0.25, 0.3) is 10.9 Å². The molecule has 2 atom stereocenters. The summed E-state index contributed by atoms with van der Waals surface area (Å²) in [6, 6.07) is 9.49. The Morgan fingerprint density at radius 2 is 2.14 bits per heavy atom. The number of nitrogens with zero attached hydrogens (tertiary/aromatic N) is 1. The van der Waals surface area contributed by atoms with Crippen molar-refractivity contribution >= 4 is 10.9 Å². The van der Waals surface area contributed by atoms with Gasteiger partial charge in [-0.1, -0.05) is 24.6 Å². The zero-order chi connectivity index (χ0) is 15.4. The molecule has 0 saturated heterocycles. The average Bonchev–Trinajstić information content (AvgIpc) is 2.94. The predicted molar refractivity (Wildman–Crippen MR) is 92.5 cm³/mol. The SMILES string of the molecule is CCn1cc(C2CCCC(NCCOC)C2)c2ccccc21. The van der Waals surface area contributed by atoms with Gasteiger partial charge in [-0.05, 0) is 43.7 Å². The molecule has 3 heteroatoms. The fourth-order valence-corrected chi connectivity index (χ4v) is 3.88. The molecule has 0 spiro atoms. The van der Waals surface area contributed by atoms with Gasteiger partial charge in [0.1, 0.15) is 0 Å². The Morgan fingerprint density at radius 3 is 2.95 bits per heavy atom. The average molecular weight is 300 g/mol. The molecule has 1 aromatic heterocycles. The third-order valence-corrected chi connectivity index (χ3v) is 5.01. The lowest BCUT2D eigenvalue weighted by atomic mass is 9.81. The molecule has 1 saturated carbocycles. The fourth-order valence-electron chi connectivity index (χ4n) is 3.88. The Hall–Kier alpha value is -1.32. The van der Waals surface area contributed by atoms with Crippen molar-refractivity contribution in [3.8, 4) is 0 Å². The topological polar surface area (TPSA) is 26.2 Å². The summed E-state index contributed by atoms with van der Waals surface area (Å²) in [5.74, 6) is 0.687. The van der Waals surface area contributed by atoms with Crippen molar-refractivity contribution in [2.75, 3.05) is 20.3 Å². The van der Waals surface area contributed by atoms with Crippen molar-refractivity contribution in [1.29, 1.82) is 0 Å². The van der Waals surface area contributed by atoms with Crippen LogP contribution >= 0.6 is 0 Å². The van der Waals surface area contributed by atoms with E-state index in [2.05, 4.69) is 47.3 Å². The van der Waals surface area contributed by atoms with E-state index in [-0.39, 0.29) is 0 Å². The zero-order valence-corrected chi connectivity index (χ0v) is 13.8. The van der Waals surface area contributed by atoms with E-state index < -0.39 is 0 Å². The van der Waals surface area contributed by atoms with E-state index in [1.54, 1.807) is 12.7 Å². The van der Waals surface area contributed by atoms with Crippen LogP contribution in [0.1, 0.15) is 44.1 Å². The first-order chi connectivity index (χ1) is 10.8. The highest BCUT2D eigenvalue weighted by Crippen LogP contribution is 2.37. The highest BCUT2D eigenvalue weighted by molar-refractivity contribution is 5.84. The standard InChI is InChI=1S/C19H28N2O/c1-3-21-14-18(17-9-4-5-10-19(17)21)15-7-6-8-16(13-15)20-11-12-22-2/h4-5,9-10,14-16,20H,3,6-8,11-13H2,1-2H3. The van der Waals surface area contributed by atoms with E-state index in [1.807, 2.05) is 0 Å². The number of hydrogen-bond acceptors (Lipinski definition) is 2. The Labute approximate surface area is 133 Å². The minimum atomic E-state index is 0.637. The second kappa shape index (κ2) is 7.30. The molecule has 1 fully saturated rings. The number of hydrogen-bond donors (Lipinski definition) is 1. The van der Waals surface area contributed by atoms with E-state index in [4.69, 9.17) is 4.74 Å². The molecule has 0 bridgehead atoms. The molecule has 2 aromatic rings. The molecule has 1 aliphatic rings. The van der Waals surface area contributed by atoms with Crippen LogP contribution < -0.4 is 5.32 Å². The number of methoxy groups -OCH3 is 1. The van der Waals surface area contributed by atoms with Crippen molar-refractivity contribution in [1.82, 2.24) is 9.88 Å². The van der Waals surface area contributed by atoms with Crippen molar-refractivity contribution in [3.05, 3.63) is 36.0 Å². The molecule has 2 unspecified atom stereocenters. The summed E-state index contributed by atoms with van der Waals surface area (Å²) in [5.41, 5.74) is 2.94. The van der Waals surface area contributed by atoms with Crippen molar-refractivity contribution in [2.45, 2.75) is 51.1 Å². The number of aromatic nitrogens is 1. The van der Waals surface area contributed by atoms with Gasteiger partial charge in [-0.3, -0.25) is 0 Å². The first kappa shape index (κ1) is 15.6. The number of nitrogens with one attached hydrogen (secondary N) is 1. The molecule has 1 N–H and O–H groups in total. The minimum Gasteiger partial charge on any atom is -0.383 e. The Kier molecular flexibility index (Phi) is 5.16. The van der Waals surface area contributed by atoms with Crippen LogP contribution in [0.15, 0.2) is 30.5 Å². The number of para-hydroxylation sites is 1. The van der Waals surface area contributed by atoms with E-state index in [0.717, 1.165) is 19.7 Å². The highest BCUT2D eigenvalue weighted by Gasteiger charge is 2.25. The molecule has 1 aromatic carbocycles. The number of fused-ring (bicyclic) bond motifs is 1. The fraction of sp³-hybridized carbons (Fsp3) is 0.579. The molecule has 0 amide bonds. The minimum absolute atomic E-state index is 0.637. The molecule has 3 nitrogen and oxygen atoms in total. The molecule has 3 rings (SSSR count). The Morgan fingerprint density at radius 1 is 1.27 bits per heavy atom. The maximum Gasteiger partial charge on any atom is 0.0587 e. The van der Waals surface area contributed by atoms with Gasteiger partial charge in [0.25, 0.3) is 0 Å². The molecule has 1 aliphatic carbocycles. The zero-order valence-electron chi connectivity index (χ0n) is 13.8.